The molecule has 102 valence electrons. The molecule has 0 saturated carbocycles. The van der Waals surface area contributed by atoms with Gasteiger partial charge in [0.05, 0.1) is 12.7 Å². The van der Waals surface area contributed by atoms with E-state index >= 15 is 0 Å². The van der Waals surface area contributed by atoms with Crippen LogP contribution in [-0.4, -0.2) is 7.11 Å². The Hall–Kier alpha value is -2.61. The summed E-state index contributed by atoms with van der Waals surface area (Å²) in [4.78, 5) is 0. The second kappa shape index (κ2) is 6.02. The molecular formula is C15H11F2NO2. The summed E-state index contributed by atoms with van der Waals surface area (Å²) in [7, 11) is 1.46. The third-order valence-corrected chi connectivity index (χ3v) is 2.69. The minimum Gasteiger partial charge on any atom is -0.495 e. The van der Waals surface area contributed by atoms with E-state index in [0.29, 0.717) is 16.9 Å². The first kappa shape index (κ1) is 13.8. The molecule has 0 amide bonds. The zero-order valence-electron chi connectivity index (χ0n) is 10.7. The number of para-hydroxylation sites is 1. The summed E-state index contributed by atoms with van der Waals surface area (Å²) in [5.74, 6) is -1.52. The van der Waals surface area contributed by atoms with Crippen molar-refractivity contribution in [2.24, 2.45) is 0 Å². The average Bonchev–Trinajstić information content (AvgIpc) is 2.46. The van der Waals surface area contributed by atoms with E-state index in [1.807, 2.05) is 6.07 Å². The van der Waals surface area contributed by atoms with Gasteiger partial charge in [0.25, 0.3) is 0 Å². The van der Waals surface area contributed by atoms with Crippen molar-refractivity contribution in [2.75, 3.05) is 7.11 Å². The molecule has 0 aliphatic heterocycles. The fourth-order valence-electron chi connectivity index (χ4n) is 1.71. The molecule has 5 heteroatoms. The van der Waals surface area contributed by atoms with Crippen molar-refractivity contribution < 1.29 is 18.3 Å². The van der Waals surface area contributed by atoms with Gasteiger partial charge in [-0.25, -0.2) is 8.78 Å². The van der Waals surface area contributed by atoms with Crippen LogP contribution in [0.4, 0.5) is 8.78 Å². The first-order chi connectivity index (χ1) is 9.65. The van der Waals surface area contributed by atoms with Gasteiger partial charge in [-0.1, -0.05) is 12.1 Å². The fraction of sp³-hybridized carbons (Fsp3) is 0.133. The number of nitrogens with zero attached hydrogens (tertiary/aromatic N) is 1. The molecule has 0 radical (unpaired) electrons. The van der Waals surface area contributed by atoms with Crippen LogP contribution in [0.2, 0.25) is 0 Å². The van der Waals surface area contributed by atoms with E-state index in [1.165, 1.54) is 13.2 Å². The predicted octanol–water partition coefficient (Wildman–Crippen LogP) is 3.42. The molecule has 3 nitrogen and oxygen atoms in total. The normalized spacial score (nSPS) is 9.90. The molecule has 20 heavy (non-hydrogen) atoms. The van der Waals surface area contributed by atoms with E-state index < -0.39 is 17.4 Å². The molecule has 0 aromatic heterocycles. The molecule has 0 fully saturated rings. The Morgan fingerprint density at radius 2 is 1.85 bits per heavy atom. The van der Waals surface area contributed by atoms with E-state index in [1.54, 1.807) is 18.2 Å². The zero-order valence-corrected chi connectivity index (χ0v) is 10.7. The summed E-state index contributed by atoms with van der Waals surface area (Å²) < 4.78 is 36.9. The van der Waals surface area contributed by atoms with Crippen LogP contribution in [0.5, 0.6) is 11.5 Å². The third kappa shape index (κ3) is 2.86. The van der Waals surface area contributed by atoms with Crippen LogP contribution >= 0.6 is 0 Å². The summed E-state index contributed by atoms with van der Waals surface area (Å²) in [5, 5.41) is 8.96. The number of halogens is 2. The standard InChI is InChI=1S/C15H11F2NO2/c1-19-14-6-5-10(7-11(14)8-18)9-20-15-12(16)3-2-4-13(15)17/h2-7H,9H2,1H3. The fourth-order valence-corrected chi connectivity index (χ4v) is 1.71. The van der Waals surface area contributed by atoms with Crippen LogP contribution in [-0.2, 0) is 6.61 Å². The molecule has 0 N–H and O–H groups in total. The monoisotopic (exact) mass is 275 g/mol. The SMILES string of the molecule is COc1ccc(COc2c(F)cccc2F)cc1C#N. The molecule has 0 heterocycles. The van der Waals surface area contributed by atoms with Gasteiger partial charge in [-0.05, 0) is 29.8 Å². The molecule has 0 spiro atoms. The molecule has 2 rings (SSSR count). The van der Waals surface area contributed by atoms with Crippen molar-refractivity contribution in [3.05, 3.63) is 59.2 Å². The van der Waals surface area contributed by atoms with Crippen LogP contribution in [0.15, 0.2) is 36.4 Å². The minimum absolute atomic E-state index is 0.0451. The van der Waals surface area contributed by atoms with E-state index in [2.05, 4.69) is 0 Å². The summed E-state index contributed by atoms with van der Waals surface area (Å²) in [6.45, 7) is -0.0451. The Morgan fingerprint density at radius 1 is 1.15 bits per heavy atom. The van der Waals surface area contributed by atoms with Crippen LogP contribution < -0.4 is 9.47 Å². The van der Waals surface area contributed by atoms with Crippen molar-refractivity contribution >= 4 is 0 Å². The summed E-state index contributed by atoms with van der Waals surface area (Å²) in [6, 6.07) is 10.3. The number of methoxy groups -OCH3 is 1. The maximum Gasteiger partial charge on any atom is 0.191 e. The van der Waals surface area contributed by atoms with Gasteiger partial charge < -0.3 is 9.47 Å². The maximum absolute atomic E-state index is 13.4. The van der Waals surface area contributed by atoms with Crippen LogP contribution in [0, 0.1) is 23.0 Å². The molecule has 0 aliphatic carbocycles. The molecule has 0 bridgehead atoms. The van der Waals surface area contributed by atoms with Gasteiger partial charge in [0, 0.05) is 0 Å². The lowest BCUT2D eigenvalue weighted by Crippen LogP contribution is -2.00. The Kier molecular flexibility index (Phi) is 4.16. The average molecular weight is 275 g/mol. The molecule has 0 saturated heterocycles. The molecule has 2 aromatic rings. The number of hydrogen-bond acceptors (Lipinski definition) is 3. The first-order valence-electron chi connectivity index (χ1n) is 5.79. The largest absolute Gasteiger partial charge is 0.495 e. The summed E-state index contributed by atoms with van der Waals surface area (Å²) in [5.41, 5.74) is 0.951. The molecule has 0 aliphatic rings. The second-order valence-corrected chi connectivity index (χ2v) is 3.99. The van der Waals surface area contributed by atoms with Crippen LogP contribution in [0.25, 0.3) is 0 Å². The lowest BCUT2D eigenvalue weighted by molar-refractivity contribution is 0.274. The van der Waals surface area contributed by atoms with E-state index in [-0.39, 0.29) is 6.61 Å². The van der Waals surface area contributed by atoms with Crippen molar-refractivity contribution in [3.8, 4) is 17.6 Å². The smallest absolute Gasteiger partial charge is 0.191 e. The highest BCUT2D eigenvalue weighted by Gasteiger charge is 2.10. The highest BCUT2D eigenvalue weighted by Crippen LogP contribution is 2.23. The van der Waals surface area contributed by atoms with E-state index in [9.17, 15) is 8.78 Å². The van der Waals surface area contributed by atoms with Crippen LogP contribution in [0.1, 0.15) is 11.1 Å². The van der Waals surface area contributed by atoms with Gasteiger partial charge in [-0.15, -0.1) is 0 Å². The van der Waals surface area contributed by atoms with Gasteiger partial charge in [0.2, 0.25) is 0 Å². The summed E-state index contributed by atoms with van der Waals surface area (Å²) in [6.07, 6.45) is 0. The number of hydrogen-bond donors (Lipinski definition) is 0. The third-order valence-electron chi connectivity index (χ3n) is 2.69. The Labute approximate surface area is 115 Å². The van der Waals surface area contributed by atoms with Crippen molar-refractivity contribution in [2.45, 2.75) is 6.61 Å². The van der Waals surface area contributed by atoms with Crippen molar-refractivity contribution in [1.82, 2.24) is 0 Å². The quantitative estimate of drug-likeness (QED) is 0.858. The van der Waals surface area contributed by atoms with Gasteiger partial charge in [-0.3, -0.25) is 0 Å². The van der Waals surface area contributed by atoms with E-state index in [0.717, 1.165) is 12.1 Å². The first-order valence-corrected chi connectivity index (χ1v) is 5.79. The minimum atomic E-state index is -0.765. The van der Waals surface area contributed by atoms with Gasteiger partial charge >= 0.3 is 0 Å². The molecule has 0 atom stereocenters. The van der Waals surface area contributed by atoms with Crippen LogP contribution in [0.3, 0.4) is 0 Å². The zero-order chi connectivity index (χ0) is 14.5. The Morgan fingerprint density at radius 3 is 2.45 bits per heavy atom. The highest BCUT2D eigenvalue weighted by molar-refractivity contribution is 5.45. The van der Waals surface area contributed by atoms with Gasteiger partial charge in [0.15, 0.2) is 17.4 Å². The summed E-state index contributed by atoms with van der Waals surface area (Å²) >= 11 is 0. The lowest BCUT2D eigenvalue weighted by Gasteiger charge is -2.09. The van der Waals surface area contributed by atoms with E-state index in [4.69, 9.17) is 14.7 Å². The number of nitriles is 1. The molecule has 2 aromatic carbocycles. The lowest BCUT2D eigenvalue weighted by atomic mass is 10.1. The van der Waals surface area contributed by atoms with Gasteiger partial charge in [-0.2, -0.15) is 5.26 Å². The topological polar surface area (TPSA) is 42.2 Å². The maximum atomic E-state index is 13.4. The highest BCUT2D eigenvalue weighted by atomic mass is 19.1. The molecular weight excluding hydrogens is 264 g/mol. The Balaban J connectivity index is 2.18. The van der Waals surface area contributed by atoms with Gasteiger partial charge in [0.1, 0.15) is 18.4 Å². The molecule has 0 unspecified atom stereocenters. The van der Waals surface area contributed by atoms with Crippen molar-refractivity contribution in [1.29, 1.82) is 5.26 Å². The van der Waals surface area contributed by atoms with Crippen molar-refractivity contribution in [3.63, 3.8) is 0 Å². The number of benzene rings is 2. The number of rotatable bonds is 4. The predicted molar refractivity (Wildman–Crippen MR) is 68.4 cm³/mol. The second-order valence-electron chi connectivity index (χ2n) is 3.99. The number of ether oxygens (including phenoxy) is 2. The Bertz CT molecular complexity index is 645.